The van der Waals surface area contributed by atoms with Gasteiger partial charge in [-0.25, -0.2) is 0 Å². The van der Waals surface area contributed by atoms with E-state index in [9.17, 15) is 0 Å². The molecule has 70 heavy (non-hydrogen) atoms. The highest BCUT2D eigenvalue weighted by atomic mass is 16.5. The molecule has 3 aliphatic rings. The predicted molar refractivity (Wildman–Crippen MR) is 291 cm³/mol. The molecule has 1 spiro atoms. The van der Waals surface area contributed by atoms with Crippen LogP contribution in [0.25, 0.3) is 72.7 Å². The molecule has 5 heterocycles. The van der Waals surface area contributed by atoms with Gasteiger partial charge in [-0.2, -0.15) is 4.57 Å². The van der Waals surface area contributed by atoms with E-state index >= 15 is 0 Å². The predicted octanol–water partition coefficient (Wildman–Crippen LogP) is 16.3. The lowest BCUT2D eigenvalue weighted by atomic mass is 9.65. The highest BCUT2D eigenvalue weighted by molar-refractivity contribution is 5.98. The third-order valence-corrected chi connectivity index (χ3v) is 16.6. The van der Waals surface area contributed by atoms with Crippen molar-refractivity contribution in [2.45, 2.75) is 151 Å². The SMILES string of the molecule is CC(C)(C)c1ccc(-c2cc[n+]3c(c2)-c2cc(C(C)(C)C)cc4c2C32Oc3c(cc(C(C)(C)C)cc3C(C)(C)C)-c3n(-c5ccc(C(C)(C)C(C)(C)C)cc5-c5ccccc5)c5cccc-4c5[n+]32)cc1. The van der Waals surface area contributed by atoms with Crippen molar-refractivity contribution in [1.82, 2.24) is 4.57 Å². The molecule has 0 radical (unpaired) electrons. The summed E-state index contributed by atoms with van der Waals surface area (Å²) in [5.41, 5.74) is 21.4. The largest absolute Gasteiger partial charge is 0.499 e. The van der Waals surface area contributed by atoms with Crippen molar-refractivity contribution in [1.29, 1.82) is 0 Å². The number of aromatic nitrogens is 3. The average Bonchev–Trinajstić information content (AvgIpc) is 3.78. The molecule has 0 aliphatic carbocycles. The molecular weight excluding hydrogens is 851 g/mol. The number of imidazole rings is 1. The van der Waals surface area contributed by atoms with Crippen molar-refractivity contribution >= 4 is 11.0 Å². The topological polar surface area (TPSA) is 21.9 Å². The fourth-order valence-electron chi connectivity index (χ4n) is 11.3. The molecule has 0 saturated carbocycles. The van der Waals surface area contributed by atoms with Crippen LogP contribution in [0, 0.1) is 5.41 Å². The molecule has 0 amide bonds. The highest BCUT2D eigenvalue weighted by Gasteiger charge is 2.69. The van der Waals surface area contributed by atoms with E-state index in [0.717, 1.165) is 34.0 Å². The summed E-state index contributed by atoms with van der Waals surface area (Å²) >= 11 is 0. The monoisotopic (exact) mass is 924 g/mol. The van der Waals surface area contributed by atoms with E-state index < -0.39 is 5.85 Å². The summed E-state index contributed by atoms with van der Waals surface area (Å²) in [5.74, 6) is 0.980. The van der Waals surface area contributed by atoms with Crippen LogP contribution >= 0.6 is 0 Å². The number of benzene rings is 6. The first-order valence-electron chi connectivity index (χ1n) is 25.7. The number of nitrogens with zero attached hydrogens (tertiary/aromatic N) is 3. The second kappa shape index (κ2) is 14.7. The van der Waals surface area contributed by atoms with Gasteiger partial charge in [0.05, 0.1) is 5.56 Å². The van der Waals surface area contributed by atoms with Crippen molar-refractivity contribution in [2.75, 3.05) is 0 Å². The summed E-state index contributed by atoms with van der Waals surface area (Å²) in [6.07, 6.45) is 2.32. The summed E-state index contributed by atoms with van der Waals surface area (Å²) in [4.78, 5) is 0. The van der Waals surface area contributed by atoms with Gasteiger partial charge in [0.2, 0.25) is 5.69 Å². The number of para-hydroxylation sites is 1. The van der Waals surface area contributed by atoms with E-state index in [1.54, 1.807) is 0 Å². The number of ether oxygens (including phenoxy) is 1. The van der Waals surface area contributed by atoms with Gasteiger partial charge in [0.1, 0.15) is 16.8 Å². The smallest absolute Gasteiger partial charge is 0.392 e. The van der Waals surface area contributed by atoms with Crippen molar-refractivity contribution in [3.63, 3.8) is 0 Å². The maximum absolute atomic E-state index is 8.23. The van der Waals surface area contributed by atoms with Crippen LogP contribution in [0.15, 0.2) is 134 Å². The normalized spacial score (nSPS) is 16.2. The molecule has 4 heteroatoms. The zero-order valence-corrected chi connectivity index (χ0v) is 45.0. The molecule has 356 valence electrons. The number of pyridine rings is 1. The Labute approximate surface area is 418 Å². The first-order chi connectivity index (χ1) is 32.6. The molecule has 2 aromatic heterocycles. The van der Waals surface area contributed by atoms with Crippen molar-refractivity contribution in [3.8, 4) is 67.5 Å². The van der Waals surface area contributed by atoms with Gasteiger partial charge >= 0.3 is 11.7 Å². The lowest BCUT2D eigenvalue weighted by Crippen LogP contribution is -2.78. The van der Waals surface area contributed by atoms with Crippen LogP contribution in [0.1, 0.15) is 151 Å². The molecule has 11 rings (SSSR count). The van der Waals surface area contributed by atoms with Crippen molar-refractivity contribution in [3.05, 3.63) is 167 Å². The maximum Gasteiger partial charge on any atom is 0.499 e. The van der Waals surface area contributed by atoms with Gasteiger partial charge in [-0.3, -0.25) is 0 Å². The van der Waals surface area contributed by atoms with Gasteiger partial charge in [-0.1, -0.05) is 190 Å². The molecule has 8 aromatic rings. The molecule has 1 unspecified atom stereocenters. The van der Waals surface area contributed by atoms with Crippen LogP contribution in [0.4, 0.5) is 0 Å². The molecule has 0 saturated heterocycles. The van der Waals surface area contributed by atoms with E-state index in [1.165, 1.54) is 77.8 Å². The second-order valence-electron chi connectivity index (χ2n) is 26.4. The third kappa shape index (κ3) is 6.60. The standard InChI is InChI=1S/C66H73N3O/c1-60(2,3)43-28-26-40(27-29-43)42-32-33-67-55(34-42)50-37-45(61(4,5)6)36-49-47-24-21-25-54-57(47)69-59(51-38-46(62(7,8)9)39-52(63(10,11)12)58(51)70-66(67,69)56(49)50)68(54)53-31-30-44(65(16,17)64(13,14)15)35-48(53)41-22-19-18-20-23-41/h18-39H,1-17H3/q+2. The Hall–Kier alpha value is -6.26. The van der Waals surface area contributed by atoms with E-state index in [1.807, 2.05) is 0 Å². The summed E-state index contributed by atoms with van der Waals surface area (Å²) in [6, 6.07) is 49.1. The third-order valence-electron chi connectivity index (χ3n) is 16.6. The summed E-state index contributed by atoms with van der Waals surface area (Å²) in [5, 5.41) is 0. The van der Waals surface area contributed by atoms with Crippen LogP contribution < -0.4 is 13.9 Å². The van der Waals surface area contributed by atoms with E-state index in [4.69, 9.17) is 4.74 Å². The molecule has 0 fully saturated rings. The second-order valence-corrected chi connectivity index (χ2v) is 26.4. The summed E-state index contributed by atoms with van der Waals surface area (Å²) < 4.78 is 15.9. The Morgan fingerprint density at radius 1 is 0.457 bits per heavy atom. The fourth-order valence-corrected chi connectivity index (χ4v) is 11.3. The molecule has 0 bridgehead atoms. The van der Waals surface area contributed by atoms with Gasteiger partial charge in [0.15, 0.2) is 23.0 Å². The molecular formula is C66H73N3O+2. The van der Waals surface area contributed by atoms with Crippen LogP contribution in [0.5, 0.6) is 5.75 Å². The van der Waals surface area contributed by atoms with Gasteiger partial charge in [-0.05, 0) is 114 Å². The van der Waals surface area contributed by atoms with E-state index in [0.29, 0.717) is 0 Å². The van der Waals surface area contributed by atoms with Gasteiger partial charge in [0, 0.05) is 34.4 Å². The minimum absolute atomic E-state index is 0.0267. The Bertz CT molecular complexity index is 3470. The molecule has 1 atom stereocenters. The van der Waals surface area contributed by atoms with Crippen LogP contribution in [-0.4, -0.2) is 4.57 Å². The number of fused-ring (bicyclic) bond motifs is 5. The maximum atomic E-state index is 8.23. The lowest BCUT2D eigenvalue weighted by Gasteiger charge is -2.39. The average molecular weight is 924 g/mol. The Morgan fingerprint density at radius 3 is 1.69 bits per heavy atom. The zero-order valence-electron chi connectivity index (χ0n) is 45.0. The molecule has 6 aromatic carbocycles. The Balaban J connectivity index is 1.33. The van der Waals surface area contributed by atoms with Gasteiger partial charge in [-0.15, -0.1) is 9.13 Å². The summed E-state index contributed by atoms with van der Waals surface area (Å²) in [6.45, 7) is 39.8. The first-order valence-corrected chi connectivity index (χ1v) is 25.7. The Kier molecular flexibility index (Phi) is 9.66. The fraction of sp³-hybridized carbons (Fsp3) is 0.364. The van der Waals surface area contributed by atoms with Crippen molar-refractivity contribution < 1.29 is 13.9 Å². The van der Waals surface area contributed by atoms with Crippen molar-refractivity contribution in [2.24, 2.45) is 5.41 Å². The van der Waals surface area contributed by atoms with E-state index in [2.05, 4.69) is 265 Å². The summed E-state index contributed by atoms with van der Waals surface area (Å²) in [7, 11) is 0. The van der Waals surface area contributed by atoms with Crippen LogP contribution in [-0.2, 0) is 32.9 Å². The van der Waals surface area contributed by atoms with E-state index in [-0.39, 0.29) is 32.5 Å². The van der Waals surface area contributed by atoms with Gasteiger partial charge in [0.25, 0.3) is 0 Å². The molecule has 4 nitrogen and oxygen atoms in total. The Morgan fingerprint density at radius 2 is 1.06 bits per heavy atom. The zero-order chi connectivity index (χ0) is 50.0. The minimum atomic E-state index is -1.09. The highest BCUT2D eigenvalue weighted by Crippen LogP contribution is 2.57. The van der Waals surface area contributed by atoms with Crippen LogP contribution in [0.2, 0.25) is 0 Å². The number of rotatable bonds is 4. The lowest BCUT2D eigenvalue weighted by molar-refractivity contribution is -0.997. The van der Waals surface area contributed by atoms with Gasteiger partial charge < -0.3 is 4.74 Å². The van der Waals surface area contributed by atoms with Crippen LogP contribution in [0.3, 0.4) is 0 Å². The molecule has 0 N–H and O–H groups in total. The molecule has 3 aliphatic heterocycles. The minimum Gasteiger partial charge on any atom is -0.392 e. The quantitative estimate of drug-likeness (QED) is 0.161. The number of hydrogen-bond donors (Lipinski definition) is 0. The number of hydrogen-bond acceptors (Lipinski definition) is 1. The first kappa shape index (κ1) is 46.1.